The number of fused-ring (bicyclic) bond motifs is 1. The molecule has 3 rings (SSSR count). The Balaban J connectivity index is 1.87. The second-order valence-corrected chi connectivity index (χ2v) is 6.41. The van der Waals surface area contributed by atoms with Gasteiger partial charge < -0.3 is 9.80 Å². The third-order valence-electron chi connectivity index (χ3n) is 5.02. The molecule has 0 unspecified atom stereocenters. The third kappa shape index (κ3) is 3.21. The number of hydrogen-bond acceptors (Lipinski definition) is 2. The van der Waals surface area contributed by atoms with Crippen LogP contribution in [-0.4, -0.2) is 19.8 Å². The molecular weight excluding hydrogens is 280 g/mol. The topological polar surface area (TPSA) is 6.48 Å². The first-order chi connectivity index (χ1) is 11.2. The largest absolute Gasteiger partial charge is 0.354 e. The van der Waals surface area contributed by atoms with E-state index in [1.165, 1.54) is 36.2 Å². The molecule has 2 nitrogen and oxygen atoms in total. The molecule has 2 heteroatoms. The van der Waals surface area contributed by atoms with Gasteiger partial charge in [0.1, 0.15) is 0 Å². The molecule has 0 saturated heterocycles. The molecule has 0 amide bonds. The molecule has 0 atom stereocenters. The molecule has 2 aromatic carbocycles. The van der Waals surface area contributed by atoms with E-state index in [2.05, 4.69) is 73.0 Å². The monoisotopic (exact) mass is 308 g/mol. The van der Waals surface area contributed by atoms with Crippen molar-refractivity contribution in [3.63, 3.8) is 0 Å². The quantitative estimate of drug-likeness (QED) is 0.708. The van der Waals surface area contributed by atoms with Gasteiger partial charge in [0.25, 0.3) is 0 Å². The molecule has 0 fully saturated rings. The Morgan fingerprint density at radius 1 is 0.826 bits per heavy atom. The molecule has 0 aromatic heterocycles. The fourth-order valence-corrected chi connectivity index (χ4v) is 3.71. The highest BCUT2D eigenvalue weighted by Crippen LogP contribution is 2.32. The molecule has 1 aliphatic carbocycles. The van der Waals surface area contributed by atoms with Crippen LogP contribution in [0.5, 0.6) is 0 Å². The van der Waals surface area contributed by atoms with Gasteiger partial charge in [0.05, 0.1) is 6.67 Å². The number of aryl methyl sites for hydroxylation is 2. The molecular formula is C21H28N2. The van der Waals surface area contributed by atoms with Crippen molar-refractivity contribution in [2.45, 2.75) is 40.0 Å². The number of nitrogens with zero attached hydrogens (tertiary/aromatic N) is 2. The Morgan fingerprint density at radius 3 is 2.26 bits per heavy atom. The summed E-state index contributed by atoms with van der Waals surface area (Å²) in [5.41, 5.74) is 7.27. The Labute approximate surface area is 140 Å². The van der Waals surface area contributed by atoms with Crippen LogP contribution < -0.4 is 9.80 Å². The summed E-state index contributed by atoms with van der Waals surface area (Å²) in [5, 5.41) is 0. The van der Waals surface area contributed by atoms with E-state index in [1.807, 2.05) is 0 Å². The smallest absolute Gasteiger partial charge is 0.0902 e. The number of hydrogen-bond donors (Lipinski definition) is 0. The molecule has 0 bridgehead atoms. The van der Waals surface area contributed by atoms with Crippen LogP contribution in [-0.2, 0) is 12.8 Å². The van der Waals surface area contributed by atoms with Gasteiger partial charge >= 0.3 is 0 Å². The lowest BCUT2D eigenvalue weighted by Crippen LogP contribution is -2.38. The summed E-state index contributed by atoms with van der Waals surface area (Å²) in [4.78, 5) is 5.01. The lowest BCUT2D eigenvalue weighted by atomic mass is 10.1. The van der Waals surface area contributed by atoms with Crippen LogP contribution in [0.2, 0.25) is 0 Å². The van der Waals surface area contributed by atoms with Crippen molar-refractivity contribution in [3.8, 4) is 0 Å². The van der Waals surface area contributed by atoms with Gasteiger partial charge in [-0.3, -0.25) is 0 Å². The molecule has 0 radical (unpaired) electrons. The highest BCUT2D eigenvalue weighted by atomic mass is 15.3. The summed E-state index contributed by atoms with van der Waals surface area (Å²) in [7, 11) is 0. The van der Waals surface area contributed by atoms with Gasteiger partial charge in [0.2, 0.25) is 0 Å². The molecule has 1 aliphatic rings. The average molecular weight is 308 g/mol. The minimum absolute atomic E-state index is 0.953. The zero-order valence-corrected chi connectivity index (χ0v) is 14.7. The first kappa shape index (κ1) is 15.9. The van der Waals surface area contributed by atoms with E-state index in [-0.39, 0.29) is 0 Å². The maximum atomic E-state index is 2.53. The summed E-state index contributed by atoms with van der Waals surface area (Å²) in [5.74, 6) is 0. The minimum Gasteiger partial charge on any atom is -0.354 e. The van der Waals surface area contributed by atoms with E-state index in [9.17, 15) is 0 Å². The Bertz CT molecular complexity index is 663. The highest BCUT2D eigenvalue weighted by molar-refractivity contribution is 5.60. The van der Waals surface area contributed by atoms with Crippen molar-refractivity contribution in [1.29, 1.82) is 0 Å². The summed E-state index contributed by atoms with van der Waals surface area (Å²) in [6, 6.07) is 15.5. The van der Waals surface area contributed by atoms with E-state index >= 15 is 0 Å². The van der Waals surface area contributed by atoms with Crippen LogP contribution in [0.3, 0.4) is 0 Å². The van der Waals surface area contributed by atoms with Crippen LogP contribution in [0.4, 0.5) is 11.4 Å². The lowest BCUT2D eigenvalue weighted by Gasteiger charge is -2.34. The molecule has 0 heterocycles. The van der Waals surface area contributed by atoms with Crippen LogP contribution in [0.1, 0.15) is 37.0 Å². The van der Waals surface area contributed by atoms with Crippen molar-refractivity contribution >= 4 is 11.4 Å². The Morgan fingerprint density at radius 2 is 1.52 bits per heavy atom. The highest BCUT2D eigenvalue weighted by Gasteiger charge is 2.19. The molecule has 122 valence electrons. The molecule has 0 aliphatic heterocycles. The lowest BCUT2D eigenvalue weighted by molar-refractivity contribution is 0.748. The van der Waals surface area contributed by atoms with Gasteiger partial charge in [-0.25, -0.2) is 0 Å². The van der Waals surface area contributed by atoms with Gasteiger partial charge in [0.15, 0.2) is 0 Å². The third-order valence-corrected chi connectivity index (χ3v) is 5.02. The van der Waals surface area contributed by atoms with Gasteiger partial charge in [-0.15, -0.1) is 0 Å². The summed E-state index contributed by atoms with van der Waals surface area (Å²) >= 11 is 0. The van der Waals surface area contributed by atoms with Crippen LogP contribution in [0.15, 0.2) is 42.5 Å². The fourth-order valence-electron chi connectivity index (χ4n) is 3.71. The summed E-state index contributed by atoms with van der Waals surface area (Å²) in [6.45, 7) is 9.73. The first-order valence-electron chi connectivity index (χ1n) is 8.90. The number of rotatable bonds is 6. The van der Waals surface area contributed by atoms with Crippen LogP contribution in [0, 0.1) is 6.92 Å². The second kappa shape index (κ2) is 7.08. The maximum Gasteiger partial charge on any atom is 0.0902 e. The molecule has 23 heavy (non-hydrogen) atoms. The van der Waals surface area contributed by atoms with Crippen molar-refractivity contribution in [2.75, 3.05) is 29.6 Å². The standard InChI is InChI=1S/C21H28N2/c1-4-22(20-14-7-6-10-17(20)3)16-23(5-2)21-15-9-12-18-11-8-13-19(18)21/h6-7,9-10,12,14-15H,4-5,8,11,13,16H2,1-3H3. The first-order valence-corrected chi connectivity index (χ1v) is 8.90. The van der Waals surface area contributed by atoms with E-state index in [0.29, 0.717) is 0 Å². The zero-order valence-electron chi connectivity index (χ0n) is 14.7. The maximum absolute atomic E-state index is 2.53. The Hall–Kier alpha value is -1.96. The zero-order chi connectivity index (χ0) is 16.2. The predicted molar refractivity (Wildman–Crippen MR) is 101 cm³/mol. The number of para-hydroxylation sites is 1. The molecule has 0 N–H and O–H groups in total. The van der Waals surface area contributed by atoms with E-state index in [0.717, 1.165) is 19.8 Å². The van der Waals surface area contributed by atoms with Gasteiger partial charge in [-0.1, -0.05) is 30.3 Å². The molecule has 0 saturated carbocycles. The summed E-state index contributed by atoms with van der Waals surface area (Å²) in [6.07, 6.45) is 3.79. The normalized spacial score (nSPS) is 13.0. The Kier molecular flexibility index (Phi) is 4.90. The van der Waals surface area contributed by atoms with E-state index in [1.54, 1.807) is 11.1 Å². The van der Waals surface area contributed by atoms with Crippen LogP contribution >= 0.6 is 0 Å². The molecule has 2 aromatic rings. The predicted octanol–water partition coefficient (Wildman–Crippen LogP) is 4.79. The second-order valence-electron chi connectivity index (χ2n) is 6.41. The van der Waals surface area contributed by atoms with Crippen molar-refractivity contribution in [2.24, 2.45) is 0 Å². The fraction of sp³-hybridized carbons (Fsp3) is 0.429. The average Bonchev–Trinajstić information content (AvgIpc) is 3.06. The van der Waals surface area contributed by atoms with Crippen molar-refractivity contribution in [3.05, 3.63) is 59.2 Å². The number of benzene rings is 2. The SMILES string of the molecule is CCN(CN(CC)c1cccc2c1CCC2)c1ccccc1C. The minimum atomic E-state index is 0.953. The van der Waals surface area contributed by atoms with E-state index in [4.69, 9.17) is 0 Å². The van der Waals surface area contributed by atoms with Crippen LogP contribution in [0.25, 0.3) is 0 Å². The van der Waals surface area contributed by atoms with E-state index < -0.39 is 0 Å². The number of anilines is 2. The van der Waals surface area contributed by atoms with Gasteiger partial charge in [0, 0.05) is 24.5 Å². The molecule has 0 spiro atoms. The van der Waals surface area contributed by atoms with Crippen molar-refractivity contribution < 1.29 is 0 Å². The summed E-state index contributed by atoms with van der Waals surface area (Å²) < 4.78 is 0. The van der Waals surface area contributed by atoms with Gasteiger partial charge in [-0.2, -0.15) is 0 Å². The van der Waals surface area contributed by atoms with Crippen molar-refractivity contribution in [1.82, 2.24) is 0 Å². The van der Waals surface area contributed by atoms with Gasteiger partial charge in [-0.05, 0) is 68.9 Å².